The second-order valence-corrected chi connectivity index (χ2v) is 11.5. The summed E-state index contributed by atoms with van der Waals surface area (Å²) in [4.78, 5) is 16.8. The van der Waals surface area contributed by atoms with Crippen LogP contribution in [0.2, 0.25) is 0 Å². The van der Waals surface area contributed by atoms with Crippen LogP contribution in [0.15, 0.2) is 46.4 Å². The number of fused-ring (bicyclic) bond motifs is 1. The van der Waals surface area contributed by atoms with Gasteiger partial charge in [-0.3, -0.25) is 9.35 Å². The lowest BCUT2D eigenvalue weighted by Gasteiger charge is -2.19. The highest BCUT2D eigenvalue weighted by Gasteiger charge is 2.41. The second kappa shape index (κ2) is 9.43. The smallest absolute Gasteiger partial charge is 0.327 e. The van der Waals surface area contributed by atoms with Crippen LogP contribution in [0.4, 0.5) is 5.82 Å². The molecule has 1 aliphatic rings. The van der Waals surface area contributed by atoms with Crippen molar-refractivity contribution in [1.82, 2.24) is 0 Å². The number of aliphatic imine (C=N–C) groups is 1. The third-order valence-electron chi connectivity index (χ3n) is 5.83. The molecule has 0 bridgehead atoms. The van der Waals surface area contributed by atoms with E-state index in [4.69, 9.17) is 14.3 Å². The number of pyridine rings is 1. The molecule has 1 aromatic carbocycles. The first-order chi connectivity index (χ1) is 15.7. The van der Waals surface area contributed by atoms with Crippen molar-refractivity contribution in [3.63, 3.8) is 0 Å². The standard InChI is InChI=1S/C26H32N2O5S/c1-18-26(5,6)22-16-20(10-9-19-11-13-21(14-12-19)34(30,31)32)17-28(24(22)27-18)15-7-8-23(29)33-25(2,3)4/h9-14,16-17H,7-8,15H2,1-6H3/p+1/b10-9+. The zero-order valence-corrected chi connectivity index (χ0v) is 21.4. The van der Waals surface area contributed by atoms with E-state index in [1.807, 2.05) is 46.0 Å². The molecule has 0 fully saturated rings. The highest BCUT2D eigenvalue weighted by molar-refractivity contribution is 7.85. The normalized spacial score (nSPS) is 15.3. The first kappa shape index (κ1) is 25.8. The van der Waals surface area contributed by atoms with Crippen molar-refractivity contribution in [2.75, 3.05) is 0 Å². The van der Waals surface area contributed by atoms with Gasteiger partial charge in [0.25, 0.3) is 10.1 Å². The zero-order valence-electron chi connectivity index (χ0n) is 20.6. The maximum atomic E-state index is 12.1. The van der Waals surface area contributed by atoms with Crippen molar-refractivity contribution >= 4 is 39.8 Å². The number of ether oxygens (including phenoxy) is 1. The number of rotatable bonds is 7. The van der Waals surface area contributed by atoms with Crippen LogP contribution in [0.3, 0.4) is 0 Å². The lowest BCUT2D eigenvalue weighted by Crippen LogP contribution is -2.36. The molecule has 0 spiro atoms. The van der Waals surface area contributed by atoms with Crippen molar-refractivity contribution in [2.24, 2.45) is 4.99 Å². The molecule has 0 saturated heterocycles. The summed E-state index contributed by atoms with van der Waals surface area (Å²) in [6, 6.07) is 8.13. The largest absolute Gasteiger partial charge is 0.460 e. The third kappa shape index (κ3) is 6.18. The van der Waals surface area contributed by atoms with E-state index in [0.717, 1.165) is 28.2 Å². The molecule has 0 aliphatic carbocycles. The van der Waals surface area contributed by atoms with Gasteiger partial charge in [0.2, 0.25) is 0 Å². The second-order valence-electron chi connectivity index (χ2n) is 10.1. The van der Waals surface area contributed by atoms with Gasteiger partial charge in [-0.25, -0.2) is 4.57 Å². The first-order valence-corrected chi connectivity index (χ1v) is 12.7. The number of hydrogen-bond donors (Lipinski definition) is 1. The van der Waals surface area contributed by atoms with Crippen LogP contribution in [0.25, 0.3) is 12.2 Å². The Hall–Kier alpha value is -2.84. The minimum atomic E-state index is -4.22. The Morgan fingerprint density at radius 3 is 2.35 bits per heavy atom. The van der Waals surface area contributed by atoms with Crippen LogP contribution < -0.4 is 4.57 Å². The topological polar surface area (TPSA) is 96.9 Å². The van der Waals surface area contributed by atoms with E-state index in [9.17, 15) is 13.2 Å². The zero-order chi connectivity index (χ0) is 25.3. The summed E-state index contributed by atoms with van der Waals surface area (Å²) >= 11 is 0. The molecule has 2 aromatic rings. The fraction of sp³-hybridized carbons (Fsp3) is 0.423. The maximum absolute atomic E-state index is 12.1. The minimum absolute atomic E-state index is 0.139. The molecule has 1 N–H and O–H groups in total. The molecule has 8 heteroatoms. The third-order valence-corrected chi connectivity index (χ3v) is 6.69. The average Bonchev–Trinajstić information content (AvgIpc) is 2.94. The van der Waals surface area contributed by atoms with Crippen molar-refractivity contribution < 1.29 is 27.1 Å². The van der Waals surface area contributed by atoms with Gasteiger partial charge in [-0.2, -0.15) is 8.42 Å². The predicted molar refractivity (Wildman–Crippen MR) is 133 cm³/mol. The minimum Gasteiger partial charge on any atom is -0.460 e. The fourth-order valence-electron chi connectivity index (χ4n) is 3.73. The average molecular weight is 486 g/mol. The van der Waals surface area contributed by atoms with E-state index >= 15 is 0 Å². The molecule has 0 amide bonds. The van der Waals surface area contributed by atoms with Crippen LogP contribution in [-0.4, -0.2) is 30.3 Å². The molecule has 1 aromatic heterocycles. The molecular weight excluding hydrogens is 452 g/mol. The Morgan fingerprint density at radius 2 is 1.76 bits per heavy atom. The first-order valence-electron chi connectivity index (χ1n) is 11.3. The van der Waals surface area contributed by atoms with Crippen LogP contribution >= 0.6 is 0 Å². The van der Waals surface area contributed by atoms with Crippen LogP contribution in [0, 0.1) is 0 Å². The van der Waals surface area contributed by atoms with Gasteiger partial charge < -0.3 is 4.74 Å². The Balaban J connectivity index is 1.85. The summed E-state index contributed by atoms with van der Waals surface area (Å²) in [6.45, 7) is 12.5. The number of benzene rings is 1. The predicted octanol–water partition coefficient (Wildman–Crippen LogP) is 4.90. The van der Waals surface area contributed by atoms with Crippen molar-refractivity contribution in [1.29, 1.82) is 0 Å². The fourth-order valence-corrected chi connectivity index (χ4v) is 4.21. The summed E-state index contributed by atoms with van der Waals surface area (Å²) in [7, 11) is -4.22. The van der Waals surface area contributed by atoms with E-state index in [1.54, 1.807) is 12.1 Å². The van der Waals surface area contributed by atoms with Gasteiger partial charge >= 0.3 is 11.8 Å². The Morgan fingerprint density at radius 1 is 1.15 bits per heavy atom. The van der Waals surface area contributed by atoms with Crippen LogP contribution in [0.1, 0.15) is 71.1 Å². The molecule has 0 atom stereocenters. The molecule has 2 heterocycles. The summed E-state index contributed by atoms with van der Waals surface area (Å²) < 4.78 is 39.1. The highest BCUT2D eigenvalue weighted by Crippen LogP contribution is 2.38. The van der Waals surface area contributed by atoms with Gasteiger partial charge in [-0.1, -0.05) is 24.3 Å². The summed E-state index contributed by atoms with van der Waals surface area (Å²) in [6.07, 6.45) is 6.80. The van der Waals surface area contributed by atoms with E-state index in [0.29, 0.717) is 19.4 Å². The van der Waals surface area contributed by atoms with E-state index in [-0.39, 0.29) is 16.3 Å². The molecule has 0 saturated carbocycles. The number of aryl methyl sites for hydroxylation is 1. The van der Waals surface area contributed by atoms with Gasteiger partial charge in [0.15, 0.2) is 0 Å². The number of aromatic nitrogens is 1. The highest BCUT2D eigenvalue weighted by atomic mass is 32.2. The van der Waals surface area contributed by atoms with Gasteiger partial charge in [0, 0.05) is 12.0 Å². The molecule has 3 rings (SSSR count). The lowest BCUT2D eigenvalue weighted by molar-refractivity contribution is -0.684. The van der Waals surface area contributed by atoms with Crippen molar-refractivity contribution in [3.8, 4) is 0 Å². The molecule has 1 aliphatic heterocycles. The maximum Gasteiger partial charge on any atom is 0.327 e. The van der Waals surface area contributed by atoms with E-state index in [1.165, 1.54) is 12.1 Å². The molecule has 0 radical (unpaired) electrons. The number of nitrogens with zero attached hydrogens (tertiary/aromatic N) is 2. The summed E-state index contributed by atoms with van der Waals surface area (Å²) in [5.41, 5.74) is 3.21. The van der Waals surface area contributed by atoms with E-state index in [2.05, 4.69) is 24.5 Å². The molecule has 182 valence electrons. The van der Waals surface area contributed by atoms with Gasteiger partial charge in [0.1, 0.15) is 11.3 Å². The molecule has 34 heavy (non-hydrogen) atoms. The van der Waals surface area contributed by atoms with Crippen LogP contribution in [0.5, 0.6) is 0 Å². The number of carbonyl (C=O) groups is 1. The van der Waals surface area contributed by atoms with Crippen molar-refractivity contribution in [2.45, 2.75) is 76.8 Å². The number of esters is 1. The SMILES string of the molecule is CC1=Nc2c(cc(/C=C/c3ccc(S(=O)(=O)O)cc3)c[n+]2CCCC(=O)OC(C)(C)C)C1(C)C. The number of hydrogen-bond acceptors (Lipinski definition) is 5. The Kier molecular flexibility index (Phi) is 7.15. The Labute approximate surface area is 201 Å². The van der Waals surface area contributed by atoms with Crippen molar-refractivity contribution in [3.05, 3.63) is 53.2 Å². The molecule has 7 nitrogen and oxygen atoms in total. The molecular formula is C26H33N2O5S+. The summed E-state index contributed by atoms with van der Waals surface area (Å²) in [5, 5.41) is 0. The van der Waals surface area contributed by atoms with Gasteiger partial charge in [0.05, 0.1) is 28.6 Å². The molecule has 0 unspecified atom stereocenters. The quantitative estimate of drug-likeness (QED) is 0.342. The van der Waals surface area contributed by atoms with E-state index < -0.39 is 15.7 Å². The van der Waals surface area contributed by atoms with Crippen LogP contribution in [-0.2, 0) is 31.6 Å². The lowest BCUT2D eigenvalue weighted by atomic mass is 9.82. The monoisotopic (exact) mass is 485 g/mol. The van der Waals surface area contributed by atoms with Gasteiger partial charge in [-0.05, 0) is 76.7 Å². The van der Waals surface area contributed by atoms with Gasteiger partial charge in [-0.15, -0.1) is 0 Å². The number of carbonyl (C=O) groups excluding carboxylic acids is 1. The summed E-state index contributed by atoms with van der Waals surface area (Å²) in [5.74, 6) is 0.690. The Bertz CT molecular complexity index is 1250.